The molecular weight excluding hydrogens is 425 g/mol. The van der Waals surface area contributed by atoms with Gasteiger partial charge in [0, 0.05) is 24.8 Å². The van der Waals surface area contributed by atoms with E-state index in [9.17, 15) is 14.0 Å². The molecule has 0 atom stereocenters. The Bertz CT molecular complexity index is 1110. The third kappa shape index (κ3) is 4.81. The van der Waals surface area contributed by atoms with Crippen molar-refractivity contribution in [3.05, 3.63) is 40.4 Å². The van der Waals surface area contributed by atoms with E-state index < -0.39 is 5.82 Å². The van der Waals surface area contributed by atoms with Crippen LogP contribution in [0.3, 0.4) is 0 Å². The van der Waals surface area contributed by atoms with Crippen LogP contribution < -0.4 is 15.8 Å². The van der Waals surface area contributed by atoms with Crippen LogP contribution in [0.1, 0.15) is 33.7 Å². The highest BCUT2D eigenvalue weighted by atomic mass is 32.2. The van der Waals surface area contributed by atoms with Crippen molar-refractivity contribution in [1.29, 1.82) is 0 Å². The molecule has 3 rings (SSSR count). The van der Waals surface area contributed by atoms with Crippen molar-refractivity contribution in [1.82, 2.24) is 14.5 Å². The van der Waals surface area contributed by atoms with Gasteiger partial charge in [0.2, 0.25) is 5.91 Å². The summed E-state index contributed by atoms with van der Waals surface area (Å²) < 4.78 is 15.4. The monoisotopic (exact) mass is 449 g/mol. The summed E-state index contributed by atoms with van der Waals surface area (Å²) in [6, 6.07) is 5.58. The molecule has 0 fully saturated rings. The van der Waals surface area contributed by atoms with Crippen LogP contribution in [0.25, 0.3) is 10.3 Å². The van der Waals surface area contributed by atoms with E-state index in [1.165, 1.54) is 29.5 Å². The third-order valence-corrected chi connectivity index (χ3v) is 6.46. The highest BCUT2D eigenvalue weighted by Crippen LogP contribution is 2.28. The maximum atomic E-state index is 13.3. The van der Waals surface area contributed by atoms with Crippen LogP contribution in [0.4, 0.5) is 15.2 Å². The molecule has 0 aliphatic rings. The molecule has 7 nitrogen and oxygen atoms in total. The number of benzene rings is 1. The maximum Gasteiger partial charge on any atom is 0.274 e. The lowest BCUT2D eigenvalue weighted by Crippen LogP contribution is -2.25. The maximum absolute atomic E-state index is 13.3. The van der Waals surface area contributed by atoms with Crippen LogP contribution in [-0.4, -0.2) is 39.3 Å². The zero-order valence-electron chi connectivity index (χ0n) is 17.3. The highest BCUT2D eigenvalue weighted by Gasteiger charge is 2.20. The summed E-state index contributed by atoms with van der Waals surface area (Å²) in [5.74, 6) is -0.695. The van der Waals surface area contributed by atoms with E-state index >= 15 is 0 Å². The fourth-order valence-electron chi connectivity index (χ4n) is 2.94. The van der Waals surface area contributed by atoms with Gasteiger partial charge in [-0.3, -0.25) is 14.2 Å². The van der Waals surface area contributed by atoms with Gasteiger partial charge in [0.25, 0.3) is 5.56 Å². The number of hydrogen-bond acceptors (Lipinski definition) is 7. The van der Waals surface area contributed by atoms with Crippen molar-refractivity contribution in [3.8, 4) is 0 Å². The minimum Gasteiger partial charge on any atom is -0.349 e. The molecule has 2 heterocycles. The first kappa shape index (κ1) is 22.2. The summed E-state index contributed by atoms with van der Waals surface area (Å²) in [6.45, 7) is 9.45. The predicted octanol–water partition coefficient (Wildman–Crippen LogP) is 4.15. The van der Waals surface area contributed by atoms with Crippen molar-refractivity contribution in [2.45, 2.75) is 38.9 Å². The molecule has 0 aliphatic carbocycles. The minimum absolute atomic E-state index is 0.0359. The molecule has 0 saturated carbocycles. The summed E-state index contributed by atoms with van der Waals surface area (Å²) in [5, 5.41) is 3.86. The summed E-state index contributed by atoms with van der Waals surface area (Å²) in [5.41, 5.74) is 0.629. The van der Waals surface area contributed by atoms with E-state index in [0.29, 0.717) is 21.2 Å². The molecule has 2 aromatic heterocycles. The minimum atomic E-state index is -0.422. The van der Waals surface area contributed by atoms with Gasteiger partial charge >= 0.3 is 0 Å². The third-order valence-electron chi connectivity index (χ3n) is 4.41. The first-order valence-electron chi connectivity index (χ1n) is 9.70. The van der Waals surface area contributed by atoms with E-state index in [4.69, 9.17) is 0 Å². The highest BCUT2D eigenvalue weighted by molar-refractivity contribution is 7.99. The van der Waals surface area contributed by atoms with Crippen molar-refractivity contribution < 1.29 is 9.18 Å². The SMILES string of the molecule is CCN(CC)c1nc2nc(SCC(=O)Nc3cccc(F)c3)n(C(C)C)c(=O)c2s1. The number of rotatable bonds is 8. The van der Waals surface area contributed by atoms with Crippen molar-refractivity contribution >= 4 is 50.2 Å². The number of anilines is 2. The van der Waals surface area contributed by atoms with Gasteiger partial charge in [0.1, 0.15) is 10.5 Å². The Hall–Kier alpha value is -2.46. The van der Waals surface area contributed by atoms with Crippen molar-refractivity contribution in [2.24, 2.45) is 0 Å². The van der Waals surface area contributed by atoms with E-state index in [-0.39, 0.29) is 23.3 Å². The van der Waals surface area contributed by atoms with Gasteiger partial charge in [-0.05, 0) is 45.9 Å². The predicted molar refractivity (Wildman–Crippen MR) is 121 cm³/mol. The fraction of sp³-hybridized carbons (Fsp3) is 0.400. The average molecular weight is 450 g/mol. The zero-order chi connectivity index (χ0) is 21.8. The van der Waals surface area contributed by atoms with Crippen molar-refractivity contribution in [3.63, 3.8) is 0 Å². The lowest BCUT2D eigenvalue weighted by atomic mass is 10.3. The Morgan fingerprint density at radius 1 is 1.30 bits per heavy atom. The first-order chi connectivity index (χ1) is 14.3. The van der Waals surface area contributed by atoms with Crippen LogP contribution >= 0.6 is 23.1 Å². The molecule has 1 amide bonds. The van der Waals surface area contributed by atoms with Gasteiger partial charge in [-0.1, -0.05) is 29.2 Å². The number of nitrogens with one attached hydrogen (secondary N) is 1. The molecule has 0 bridgehead atoms. The van der Waals surface area contributed by atoms with Gasteiger partial charge in [-0.2, -0.15) is 4.98 Å². The molecule has 0 aliphatic heterocycles. The molecule has 1 aromatic carbocycles. The molecule has 0 radical (unpaired) electrons. The Morgan fingerprint density at radius 3 is 2.67 bits per heavy atom. The molecule has 160 valence electrons. The lowest BCUT2D eigenvalue weighted by molar-refractivity contribution is -0.113. The van der Waals surface area contributed by atoms with Crippen LogP contribution in [0, 0.1) is 5.82 Å². The van der Waals surface area contributed by atoms with Crippen LogP contribution in [0.2, 0.25) is 0 Å². The zero-order valence-corrected chi connectivity index (χ0v) is 18.9. The number of carbonyl (C=O) groups excluding carboxylic acids is 1. The van der Waals surface area contributed by atoms with Gasteiger partial charge in [0.15, 0.2) is 15.9 Å². The summed E-state index contributed by atoms with van der Waals surface area (Å²) in [7, 11) is 0. The van der Waals surface area contributed by atoms with Gasteiger partial charge in [-0.25, -0.2) is 9.37 Å². The second-order valence-corrected chi connectivity index (χ2v) is 8.75. The number of hydrogen-bond donors (Lipinski definition) is 1. The summed E-state index contributed by atoms with van der Waals surface area (Å²) in [4.78, 5) is 36.6. The Kier molecular flexibility index (Phi) is 7.09. The van der Waals surface area contributed by atoms with Crippen molar-refractivity contribution in [2.75, 3.05) is 29.1 Å². The second kappa shape index (κ2) is 9.57. The van der Waals surface area contributed by atoms with Crippen LogP contribution in [0.15, 0.2) is 34.2 Å². The second-order valence-electron chi connectivity index (χ2n) is 6.83. The Labute approximate surface area is 182 Å². The number of thiazole rings is 1. The Balaban J connectivity index is 1.87. The molecule has 30 heavy (non-hydrogen) atoms. The average Bonchev–Trinajstić information content (AvgIpc) is 3.11. The fourth-order valence-corrected chi connectivity index (χ4v) is 4.92. The lowest BCUT2D eigenvalue weighted by Gasteiger charge is -2.15. The molecule has 1 N–H and O–H groups in total. The number of amides is 1. The van der Waals surface area contributed by atoms with Crippen LogP contribution in [0.5, 0.6) is 0 Å². The number of fused-ring (bicyclic) bond motifs is 1. The normalized spacial score (nSPS) is 11.3. The molecule has 3 aromatic rings. The first-order valence-corrected chi connectivity index (χ1v) is 11.5. The standard InChI is InChI=1S/C20H24FN5O2S2/c1-5-25(6-2)19-23-17-16(30-19)18(28)26(12(3)4)20(24-17)29-11-15(27)22-14-9-7-8-13(21)10-14/h7-10,12H,5-6,11H2,1-4H3,(H,22,27). The molecule has 0 saturated heterocycles. The van der Waals surface area contributed by atoms with Crippen LogP contribution in [-0.2, 0) is 4.79 Å². The summed E-state index contributed by atoms with van der Waals surface area (Å²) >= 11 is 2.51. The number of halogens is 1. The smallest absolute Gasteiger partial charge is 0.274 e. The topological polar surface area (TPSA) is 80.1 Å². The quantitative estimate of drug-likeness (QED) is 0.411. The van der Waals surface area contributed by atoms with Gasteiger partial charge in [-0.15, -0.1) is 0 Å². The van der Waals surface area contributed by atoms with E-state index in [1.807, 2.05) is 27.7 Å². The van der Waals surface area contributed by atoms with Gasteiger partial charge < -0.3 is 10.2 Å². The Morgan fingerprint density at radius 2 is 2.03 bits per heavy atom. The molecular formula is C20H24FN5O2S2. The molecule has 0 spiro atoms. The van der Waals surface area contributed by atoms with E-state index in [0.717, 1.165) is 30.0 Å². The number of aromatic nitrogens is 3. The van der Waals surface area contributed by atoms with E-state index in [1.54, 1.807) is 10.6 Å². The number of thioether (sulfide) groups is 1. The molecule has 0 unspecified atom stereocenters. The summed E-state index contributed by atoms with van der Waals surface area (Å²) in [6.07, 6.45) is 0. The number of nitrogens with zero attached hydrogens (tertiary/aromatic N) is 4. The van der Waals surface area contributed by atoms with Gasteiger partial charge in [0.05, 0.1) is 5.75 Å². The largest absolute Gasteiger partial charge is 0.349 e. The molecule has 10 heteroatoms. The number of carbonyl (C=O) groups is 1. The van der Waals surface area contributed by atoms with E-state index in [2.05, 4.69) is 20.2 Å².